The summed E-state index contributed by atoms with van der Waals surface area (Å²) in [4.78, 5) is 51.4. The van der Waals surface area contributed by atoms with Crippen molar-refractivity contribution in [2.45, 2.75) is 39.0 Å². The summed E-state index contributed by atoms with van der Waals surface area (Å²) >= 11 is 2.57. The van der Waals surface area contributed by atoms with E-state index in [1.165, 1.54) is 42.1 Å². The highest BCUT2D eigenvalue weighted by molar-refractivity contribution is 7.17. The minimum absolute atomic E-state index is 0.203. The van der Waals surface area contributed by atoms with Gasteiger partial charge >= 0.3 is 23.8 Å². The quantitative estimate of drug-likeness (QED) is 0.101. The van der Waals surface area contributed by atoms with E-state index in [9.17, 15) is 19.2 Å². The Morgan fingerprint density at radius 3 is 2.59 bits per heavy atom. The van der Waals surface area contributed by atoms with Gasteiger partial charge in [-0.2, -0.15) is 5.10 Å². The number of hydrogen-bond acceptors (Lipinski definition) is 10. The molecule has 0 aliphatic heterocycles. The number of carbonyl (C=O) groups is 4. The summed E-state index contributed by atoms with van der Waals surface area (Å²) in [7, 11) is 1.43. The molecule has 1 aliphatic rings. The molecule has 2 amide bonds. The zero-order chi connectivity index (χ0) is 27.8. The summed E-state index contributed by atoms with van der Waals surface area (Å²) in [5, 5.41) is 8.48. The van der Waals surface area contributed by atoms with E-state index in [1.807, 2.05) is 0 Å². The van der Waals surface area contributed by atoms with Crippen LogP contribution >= 0.6 is 22.7 Å². The predicted molar refractivity (Wildman–Crippen MR) is 148 cm³/mol. The fraction of sp³-hybridized carbons (Fsp3) is 0.296. The molecule has 1 aliphatic carbocycles. The Morgan fingerprint density at radius 2 is 1.85 bits per heavy atom. The van der Waals surface area contributed by atoms with Crippen LogP contribution in [0.1, 0.15) is 62.2 Å². The molecule has 4 rings (SSSR count). The molecule has 0 bridgehead atoms. The lowest BCUT2D eigenvalue weighted by atomic mass is 10.1. The lowest BCUT2D eigenvalue weighted by Gasteiger charge is -2.09. The van der Waals surface area contributed by atoms with Crippen LogP contribution < -0.4 is 20.2 Å². The highest BCUT2D eigenvalue weighted by Crippen LogP contribution is 2.38. The number of aryl methyl sites for hydroxylation is 1. The van der Waals surface area contributed by atoms with Gasteiger partial charge in [0, 0.05) is 4.88 Å². The fourth-order valence-corrected chi connectivity index (χ4v) is 5.89. The zero-order valence-corrected chi connectivity index (χ0v) is 23.0. The van der Waals surface area contributed by atoms with Crippen LogP contribution in [0.5, 0.6) is 11.5 Å². The van der Waals surface area contributed by atoms with Crippen molar-refractivity contribution >= 4 is 57.6 Å². The maximum atomic E-state index is 12.7. The zero-order valence-electron chi connectivity index (χ0n) is 21.4. The molecule has 0 spiro atoms. The van der Waals surface area contributed by atoms with E-state index >= 15 is 0 Å². The van der Waals surface area contributed by atoms with Crippen LogP contribution in [-0.4, -0.2) is 43.7 Å². The van der Waals surface area contributed by atoms with Crippen molar-refractivity contribution < 1.29 is 33.4 Å². The van der Waals surface area contributed by atoms with Gasteiger partial charge in [0.1, 0.15) is 9.88 Å². The topological polar surface area (TPSA) is 132 Å². The first-order valence-corrected chi connectivity index (χ1v) is 14.0. The van der Waals surface area contributed by atoms with Crippen LogP contribution in [-0.2, 0) is 27.2 Å². The highest BCUT2D eigenvalue weighted by Gasteiger charge is 2.28. The van der Waals surface area contributed by atoms with Gasteiger partial charge in [-0.3, -0.25) is 9.59 Å². The molecule has 0 saturated carbocycles. The van der Waals surface area contributed by atoms with Gasteiger partial charge in [-0.25, -0.2) is 15.0 Å². The smallest absolute Gasteiger partial charge is 0.353 e. The number of ether oxygens (including phenoxy) is 3. The Hall–Kier alpha value is -4.03. The molecule has 0 unspecified atom stereocenters. The van der Waals surface area contributed by atoms with Crippen LogP contribution in [0.4, 0.5) is 5.00 Å². The molecule has 1 aromatic carbocycles. The van der Waals surface area contributed by atoms with Crippen molar-refractivity contribution in [3.8, 4) is 11.5 Å². The Morgan fingerprint density at radius 1 is 1.03 bits per heavy atom. The van der Waals surface area contributed by atoms with Crippen LogP contribution in [0.25, 0.3) is 0 Å². The average molecular weight is 570 g/mol. The standard InChI is InChI=1S/C27H27N3O7S2/c1-3-36-27(34)22-17-8-5-4-6-9-20(17)39-25(22)29-23(31)24(32)30-28-15-16-11-12-18(19(14-16)35-2)37-26(33)21-10-7-13-38-21/h7,10-15H,3-6,8-9H2,1-2H3,(H,29,31)(H,30,32)/b28-15+. The SMILES string of the molecule is CCOC(=O)c1c(NC(=O)C(=O)N/N=C/c2ccc(OC(=O)c3cccs3)c(OC)c2)sc2c1CCCCC2. The van der Waals surface area contributed by atoms with Crippen molar-refractivity contribution in [1.29, 1.82) is 0 Å². The van der Waals surface area contributed by atoms with Crippen LogP contribution in [0.3, 0.4) is 0 Å². The number of benzene rings is 1. The second-order valence-corrected chi connectivity index (χ2v) is 10.5. The molecule has 0 saturated heterocycles. The normalized spacial score (nSPS) is 12.8. The van der Waals surface area contributed by atoms with Gasteiger partial charge < -0.3 is 19.5 Å². The second-order valence-electron chi connectivity index (χ2n) is 8.42. The average Bonchev–Trinajstić information content (AvgIpc) is 3.52. The molecule has 2 aromatic heterocycles. The number of amides is 2. The lowest BCUT2D eigenvalue weighted by Crippen LogP contribution is -2.32. The van der Waals surface area contributed by atoms with Crippen molar-refractivity contribution in [2.24, 2.45) is 5.10 Å². The van der Waals surface area contributed by atoms with Gasteiger partial charge in [-0.15, -0.1) is 22.7 Å². The van der Waals surface area contributed by atoms with E-state index in [1.54, 1.807) is 36.6 Å². The third kappa shape index (κ3) is 6.89. The summed E-state index contributed by atoms with van der Waals surface area (Å²) in [6.07, 6.45) is 5.87. The lowest BCUT2D eigenvalue weighted by molar-refractivity contribution is -0.136. The number of hydrogen-bond donors (Lipinski definition) is 2. The maximum absolute atomic E-state index is 12.7. The summed E-state index contributed by atoms with van der Waals surface area (Å²) < 4.78 is 15.9. The van der Waals surface area contributed by atoms with Crippen LogP contribution in [0.2, 0.25) is 0 Å². The third-order valence-corrected chi connectivity index (χ3v) is 7.88. The maximum Gasteiger partial charge on any atom is 0.353 e. The molecular formula is C27H27N3O7S2. The second kappa shape index (κ2) is 13.2. The summed E-state index contributed by atoms with van der Waals surface area (Å²) in [5.41, 5.74) is 3.93. The number of anilines is 1. The Labute approximate surface area is 233 Å². The molecule has 2 N–H and O–H groups in total. The molecule has 0 atom stereocenters. The van der Waals surface area contributed by atoms with E-state index in [2.05, 4.69) is 15.8 Å². The first-order valence-electron chi connectivity index (χ1n) is 12.3. The molecule has 2 heterocycles. The van der Waals surface area contributed by atoms with Gasteiger partial charge in [0.25, 0.3) is 0 Å². The largest absolute Gasteiger partial charge is 0.493 e. The van der Waals surface area contributed by atoms with Crippen molar-refractivity contribution in [2.75, 3.05) is 19.0 Å². The number of esters is 2. The molecule has 10 nitrogen and oxygen atoms in total. The van der Waals surface area contributed by atoms with E-state index in [0.29, 0.717) is 21.0 Å². The Kier molecular flexibility index (Phi) is 9.45. The minimum Gasteiger partial charge on any atom is -0.493 e. The van der Waals surface area contributed by atoms with E-state index < -0.39 is 23.8 Å². The summed E-state index contributed by atoms with van der Waals surface area (Å²) in [6, 6.07) is 8.13. The number of carbonyl (C=O) groups excluding carboxylic acids is 4. The molecular weight excluding hydrogens is 542 g/mol. The number of methoxy groups -OCH3 is 1. The molecule has 39 heavy (non-hydrogen) atoms. The molecule has 3 aromatic rings. The molecule has 12 heteroatoms. The number of thiophene rings is 2. The van der Waals surface area contributed by atoms with Gasteiger partial charge in [-0.1, -0.05) is 12.5 Å². The fourth-order valence-electron chi connectivity index (χ4n) is 4.02. The number of rotatable bonds is 8. The van der Waals surface area contributed by atoms with Crippen molar-refractivity contribution in [1.82, 2.24) is 5.43 Å². The van der Waals surface area contributed by atoms with Crippen molar-refractivity contribution in [3.63, 3.8) is 0 Å². The first kappa shape index (κ1) is 28.0. The highest BCUT2D eigenvalue weighted by atomic mass is 32.1. The van der Waals surface area contributed by atoms with E-state index in [-0.39, 0.29) is 18.1 Å². The number of fused-ring (bicyclic) bond motifs is 1. The monoisotopic (exact) mass is 569 g/mol. The summed E-state index contributed by atoms with van der Waals surface area (Å²) in [6.45, 7) is 1.92. The minimum atomic E-state index is -1.00. The number of hydrazone groups is 1. The van der Waals surface area contributed by atoms with Gasteiger partial charge in [0.2, 0.25) is 0 Å². The number of nitrogens with zero attached hydrogens (tertiary/aromatic N) is 1. The van der Waals surface area contributed by atoms with Gasteiger partial charge in [0.05, 0.1) is 25.5 Å². The third-order valence-electron chi connectivity index (χ3n) is 5.83. The first-order chi connectivity index (χ1) is 18.9. The van der Waals surface area contributed by atoms with E-state index in [0.717, 1.165) is 42.5 Å². The molecule has 0 fully saturated rings. The Bertz CT molecular complexity index is 1400. The van der Waals surface area contributed by atoms with Gasteiger partial charge in [0.15, 0.2) is 11.5 Å². The van der Waals surface area contributed by atoms with E-state index in [4.69, 9.17) is 14.2 Å². The predicted octanol–water partition coefficient (Wildman–Crippen LogP) is 4.57. The summed E-state index contributed by atoms with van der Waals surface area (Å²) in [5.74, 6) is -2.46. The van der Waals surface area contributed by atoms with Crippen LogP contribution in [0, 0.1) is 0 Å². The van der Waals surface area contributed by atoms with Crippen molar-refractivity contribution in [3.05, 3.63) is 62.2 Å². The Balaban J connectivity index is 1.40. The van der Waals surface area contributed by atoms with Gasteiger partial charge in [-0.05, 0) is 73.4 Å². The molecule has 0 radical (unpaired) electrons. The van der Waals surface area contributed by atoms with Crippen LogP contribution in [0.15, 0.2) is 40.8 Å². The number of nitrogens with one attached hydrogen (secondary N) is 2. The molecule has 204 valence electrons.